The van der Waals surface area contributed by atoms with Crippen LogP contribution in [0.2, 0.25) is 0 Å². The van der Waals surface area contributed by atoms with E-state index in [1.54, 1.807) is 0 Å². The number of pyridine rings is 1. The maximum Gasteiger partial charge on any atom is 0.0979 e. The summed E-state index contributed by atoms with van der Waals surface area (Å²) in [6.07, 6.45) is 7.20. The molecule has 1 atom stereocenters. The molecule has 2 aromatic heterocycles. The van der Waals surface area contributed by atoms with E-state index >= 15 is 0 Å². The van der Waals surface area contributed by atoms with Gasteiger partial charge in [-0.15, -0.1) is 0 Å². The molecule has 0 bridgehead atoms. The van der Waals surface area contributed by atoms with Gasteiger partial charge in [-0.25, -0.2) is 4.98 Å². The van der Waals surface area contributed by atoms with Crippen LogP contribution in [0, 0.1) is 5.92 Å². The number of rotatable bonds is 7. The van der Waals surface area contributed by atoms with E-state index in [1.165, 1.54) is 5.56 Å². The standard InChI is InChI=1S/C24H30N4O/c1-2-19-10-11-22(25-15-19)24-23(21-8-4-3-5-9-21)26-18-28(24)14-13-27-12-6-7-20(16-27)17-29/h3-5,8-11,15,18,20,29H,2,6-7,12-14,16-17H2,1H3. The van der Waals surface area contributed by atoms with Crippen molar-refractivity contribution in [2.45, 2.75) is 32.7 Å². The molecule has 1 unspecified atom stereocenters. The number of aliphatic hydroxyl groups is 1. The molecule has 1 fully saturated rings. The minimum Gasteiger partial charge on any atom is -0.396 e. The summed E-state index contributed by atoms with van der Waals surface area (Å²) < 4.78 is 2.23. The lowest BCUT2D eigenvalue weighted by Crippen LogP contribution is -2.38. The highest BCUT2D eigenvalue weighted by Crippen LogP contribution is 2.30. The molecule has 0 radical (unpaired) electrons. The number of benzene rings is 1. The zero-order valence-corrected chi connectivity index (χ0v) is 17.2. The highest BCUT2D eigenvalue weighted by atomic mass is 16.3. The van der Waals surface area contributed by atoms with Gasteiger partial charge >= 0.3 is 0 Å². The Bertz CT molecular complexity index is 904. The summed E-state index contributed by atoms with van der Waals surface area (Å²) in [7, 11) is 0. The Morgan fingerprint density at radius 3 is 2.66 bits per heavy atom. The zero-order valence-electron chi connectivity index (χ0n) is 17.2. The van der Waals surface area contributed by atoms with Crippen molar-refractivity contribution in [2.24, 2.45) is 5.92 Å². The van der Waals surface area contributed by atoms with Crippen LogP contribution in [-0.2, 0) is 13.0 Å². The molecular weight excluding hydrogens is 360 g/mol. The van der Waals surface area contributed by atoms with E-state index < -0.39 is 0 Å². The third kappa shape index (κ3) is 4.57. The van der Waals surface area contributed by atoms with Gasteiger partial charge < -0.3 is 14.6 Å². The first-order valence-electron chi connectivity index (χ1n) is 10.7. The van der Waals surface area contributed by atoms with E-state index in [9.17, 15) is 5.11 Å². The molecule has 1 aliphatic heterocycles. The first-order chi connectivity index (χ1) is 14.3. The summed E-state index contributed by atoms with van der Waals surface area (Å²) in [5.74, 6) is 0.411. The lowest BCUT2D eigenvalue weighted by atomic mass is 9.99. The van der Waals surface area contributed by atoms with E-state index in [1.807, 2.05) is 18.6 Å². The van der Waals surface area contributed by atoms with Crippen molar-refractivity contribution in [2.75, 3.05) is 26.2 Å². The quantitative estimate of drug-likeness (QED) is 0.665. The average molecular weight is 391 g/mol. The number of hydrogen-bond acceptors (Lipinski definition) is 4. The fraction of sp³-hybridized carbons (Fsp3) is 0.417. The maximum atomic E-state index is 9.51. The second-order valence-corrected chi connectivity index (χ2v) is 7.90. The Hall–Kier alpha value is -2.50. The number of piperidine rings is 1. The van der Waals surface area contributed by atoms with Crippen molar-refractivity contribution < 1.29 is 5.11 Å². The molecule has 4 rings (SSSR count). The van der Waals surface area contributed by atoms with Gasteiger partial charge in [0, 0.05) is 38.0 Å². The van der Waals surface area contributed by atoms with Crippen LogP contribution in [0.15, 0.2) is 55.0 Å². The summed E-state index contributed by atoms with van der Waals surface area (Å²) in [6, 6.07) is 14.6. The van der Waals surface area contributed by atoms with Crippen LogP contribution in [0.3, 0.4) is 0 Å². The fourth-order valence-corrected chi connectivity index (χ4v) is 4.15. The minimum atomic E-state index is 0.290. The van der Waals surface area contributed by atoms with Crippen molar-refractivity contribution in [3.05, 3.63) is 60.6 Å². The van der Waals surface area contributed by atoms with Crippen LogP contribution in [0.1, 0.15) is 25.3 Å². The number of aromatic nitrogens is 3. The van der Waals surface area contributed by atoms with Gasteiger partial charge in [0.1, 0.15) is 0 Å². The molecule has 1 N–H and O–H groups in total. The zero-order chi connectivity index (χ0) is 20.1. The molecule has 29 heavy (non-hydrogen) atoms. The predicted octanol–water partition coefficient (Wildman–Crippen LogP) is 3.88. The van der Waals surface area contributed by atoms with Gasteiger partial charge in [-0.1, -0.05) is 43.3 Å². The Morgan fingerprint density at radius 2 is 1.93 bits per heavy atom. The van der Waals surface area contributed by atoms with E-state index in [2.05, 4.69) is 52.8 Å². The van der Waals surface area contributed by atoms with Gasteiger partial charge in [-0.05, 0) is 43.4 Å². The van der Waals surface area contributed by atoms with Crippen LogP contribution in [0.4, 0.5) is 0 Å². The van der Waals surface area contributed by atoms with Gasteiger partial charge in [0.15, 0.2) is 0 Å². The Balaban J connectivity index is 1.62. The summed E-state index contributed by atoms with van der Waals surface area (Å²) >= 11 is 0. The topological polar surface area (TPSA) is 54.2 Å². The van der Waals surface area contributed by atoms with Crippen molar-refractivity contribution in [1.29, 1.82) is 0 Å². The Kier molecular flexibility index (Phi) is 6.37. The number of nitrogens with zero attached hydrogens (tertiary/aromatic N) is 4. The van der Waals surface area contributed by atoms with Crippen LogP contribution in [0.25, 0.3) is 22.6 Å². The third-order valence-corrected chi connectivity index (χ3v) is 5.88. The second-order valence-electron chi connectivity index (χ2n) is 7.90. The number of likely N-dealkylation sites (tertiary alicyclic amines) is 1. The highest BCUT2D eigenvalue weighted by molar-refractivity contribution is 5.76. The molecule has 152 valence electrons. The van der Waals surface area contributed by atoms with E-state index in [0.29, 0.717) is 12.5 Å². The summed E-state index contributed by atoms with van der Waals surface area (Å²) in [5, 5.41) is 9.51. The minimum absolute atomic E-state index is 0.290. The van der Waals surface area contributed by atoms with Crippen molar-refractivity contribution in [3.63, 3.8) is 0 Å². The molecule has 1 aromatic carbocycles. The number of imidazole rings is 1. The smallest absolute Gasteiger partial charge is 0.0979 e. The molecule has 5 nitrogen and oxygen atoms in total. The largest absolute Gasteiger partial charge is 0.396 e. The second kappa shape index (κ2) is 9.33. The van der Waals surface area contributed by atoms with Gasteiger partial charge in [0.2, 0.25) is 0 Å². The van der Waals surface area contributed by atoms with Crippen LogP contribution < -0.4 is 0 Å². The first kappa shape index (κ1) is 19.8. The highest BCUT2D eigenvalue weighted by Gasteiger charge is 2.20. The molecule has 0 saturated carbocycles. The molecule has 0 aliphatic carbocycles. The Morgan fingerprint density at radius 1 is 1.07 bits per heavy atom. The molecule has 3 aromatic rings. The van der Waals surface area contributed by atoms with Crippen molar-refractivity contribution in [3.8, 4) is 22.6 Å². The van der Waals surface area contributed by atoms with E-state index in [-0.39, 0.29) is 0 Å². The first-order valence-corrected chi connectivity index (χ1v) is 10.7. The van der Waals surface area contributed by atoms with Gasteiger partial charge in [0.05, 0.1) is 23.4 Å². The van der Waals surface area contributed by atoms with Crippen LogP contribution >= 0.6 is 0 Å². The number of hydrogen-bond donors (Lipinski definition) is 1. The monoisotopic (exact) mass is 390 g/mol. The molecule has 1 saturated heterocycles. The number of aryl methyl sites for hydroxylation is 1. The van der Waals surface area contributed by atoms with E-state index in [0.717, 1.165) is 68.1 Å². The van der Waals surface area contributed by atoms with Gasteiger partial charge in [-0.2, -0.15) is 0 Å². The number of aliphatic hydroxyl groups excluding tert-OH is 1. The fourth-order valence-electron chi connectivity index (χ4n) is 4.15. The average Bonchev–Trinajstić information content (AvgIpc) is 3.22. The normalized spacial score (nSPS) is 17.5. The van der Waals surface area contributed by atoms with Gasteiger partial charge in [0.25, 0.3) is 0 Å². The Labute approximate surface area is 173 Å². The van der Waals surface area contributed by atoms with Crippen molar-refractivity contribution >= 4 is 0 Å². The van der Waals surface area contributed by atoms with Crippen molar-refractivity contribution in [1.82, 2.24) is 19.4 Å². The molecule has 0 amide bonds. The summed E-state index contributed by atoms with van der Waals surface area (Å²) in [4.78, 5) is 12.0. The van der Waals surface area contributed by atoms with Crippen LogP contribution in [0.5, 0.6) is 0 Å². The lowest BCUT2D eigenvalue weighted by molar-refractivity contribution is 0.118. The summed E-state index contributed by atoms with van der Waals surface area (Å²) in [6.45, 7) is 6.35. The molecule has 1 aliphatic rings. The molecule has 5 heteroatoms. The SMILES string of the molecule is CCc1ccc(-c2c(-c3ccccc3)ncn2CCN2CCCC(CO)C2)nc1. The molecule has 3 heterocycles. The predicted molar refractivity (Wildman–Crippen MR) is 117 cm³/mol. The van der Waals surface area contributed by atoms with E-state index in [4.69, 9.17) is 9.97 Å². The lowest BCUT2D eigenvalue weighted by Gasteiger charge is -2.31. The third-order valence-electron chi connectivity index (χ3n) is 5.88. The maximum absolute atomic E-state index is 9.51. The molecular formula is C24H30N4O. The molecule has 0 spiro atoms. The van der Waals surface area contributed by atoms with Gasteiger partial charge in [-0.3, -0.25) is 4.98 Å². The summed E-state index contributed by atoms with van der Waals surface area (Å²) in [5.41, 5.74) is 5.37. The van der Waals surface area contributed by atoms with Crippen LogP contribution in [-0.4, -0.2) is 50.8 Å².